The number of sulfonamides is 1. The Morgan fingerprint density at radius 2 is 1.93 bits per heavy atom. The second-order valence-electron chi connectivity index (χ2n) is 6.38. The minimum absolute atomic E-state index is 0.0696. The topological polar surface area (TPSA) is 93.7 Å². The van der Waals surface area contributed by atoms with E-state index in [9.17, 15) is 8.42 Å². The molecule has 0 atom stereocenters. The summed E-state index contributed by atoms with van der Waals surface area (Å²) < 4.78 is 38.7. The van der Waals surface area contributed by atoms with Crippen molar-refractivity contribution in [2.24, 2.45) is 0 Å². The number of aryl methyl sites for hydroxylation is 2. The number of benzene rings is 1. The Balaban J connectivity index is 1.80. The van der Waals surface area contributed by atoms with Gasteiger partial charge in [0.25, 0.3) is 0 Å². The van der Waals surface area contributed by atoms with Gasteiger partial charge in [-0.3, -0.25) is 0 Å². The van der Waals surface area contributed by atoms with Crippen molar-refractivity contribution in [1.29, 1.82) is 0 Å². The van der Waals surface area contributed by atoms with E-state index in [1.54, 1.807) is 24.3 Å². The summed E-state index contributed by atoms with van der Waals surface area (Å²) in [4.78, 5) is 11.1. The maximum Gasteiger partial charge on any atom is 0.244 e. The van der Waals surface area contributed by atoms with Crippen LogP contribution in [0.15, 0.2) is 29.2 Å². The highest BCUT2D eigenvalue weighted by Gasteiger charge is 2.20. The van der Waals surface area contributed by atoms with Crippen molar-refractivity contribution in [3.05, 3.63) is 41.2 Å². The van der Waals surface area contributed by atoms with E-state index in [0.717, 1.165) is 24.3 Å². The third kappa shape index (κ3) is 4.74. The molecule has 1 aliphatic rings. The highest BCUT2D eigenvalue weighted by Crippen LogP contribution is 2.24. The lowest BCUT2D eigenvalue weighted by molar-refractivity contribution is 0.122. The number of aromatic nitrogens is 2. The van der Waals surface area contributed by atoms with Crippen molar-refractivity contribution in [3.8, 4) is 5.75 Å². The van der Waals surface area contributed by atoms with Gasteiger partial charge >= 0.3 is 0 Å². The molecule has 0 amide bonds. The zero-order chi connectivity index (χ0) is 19.4. The van der Waals surface area contributed by atoms with E-state index in [1.807, 2.05) is 18.7 Å². The number of rotatable bonds is 6. The van der Waals surface area contributed by atoms with Crippen molar-refractivity contribution in [2.75, 3.05) is 38.3 Å². The highest BCUT2D eigenvalue weighted by molar-refractivity contribution is 7.89. The largest absolute Gasteiger partial charge is 0.495 e. The predicted octanol–water partition coefficient (Wildman–Crippen LogP) is 1.42. The molecular weight excluding hydrogens is 368 g/mol. The fourth-order valence-electron chi connectivity index (χ4n) is 2.85. The smallest absolute Gasteiger partial charge is 0.244 e. The first-order valence-corrected chi connectivity index (χ1v) is 10.2. The quantitative estimate of drug-likeness (QED) is 0.794. The second-order valence-corrected chi connectivity index (χ2v) is 8.11. The average molecular weight is 392 g/mol. The Bertz CT molecular complexity index is 912. The minimum Gasteiger partial charge on any atom is -0.495 e. The Labute approximate surface area is 159 Å². The van der Waals surface area contributed by atoms with Gasteiger partial charge in [0.1, 0.15) is 10.6 Å². The summed E-state index contributed by atoms with van der Waals surface area (Å²) in [5.74, 6) is 0.904. The molecule has 0 bridgehead atoms. The third-order valence-electron chi connectivity index (χ3n) is 4.24. The van der Waals surface area contributed by atoms with Gasteiger partial charge in [0, 0.05) is 18.8 Å². The highest BCUT2D eigenvalue weighted by atomic mass is 32.2. The lowest BCUT2D eigenvalue weighted by Gasteiger charge is -2.27. The molecule has 1 aromatic heterocycles. The molecule has 0 saturated carbocycles. The number of ether oxygens (including phenoxy) is 2. The summed E-state index contributed by atoms with van der Waals surface area (Å²) in [6.07, 6.45) is 0. The summed E-state index contributed by atoms with van der Waals surface area (Å²) in [7, 11) is -2.29. The lowest BCUT2D eigenvalue weighted by atomic mass is 10.2. The zero-order valence-electron chi connectivity index (χ0n) is 15.7. The first-order valence-electron chi connectivity index (χ1n) is 8.70. The van der Waals surface area contributed by atoms with E-state index >= 15 is 0 Å². The molecule has 0 radical (unpaired) electrons. The van der Waals surface area contributed by atoms with E-state index in [4.69, 9.17) is 9.47 Å². The van der Waals surface area contributed by atoms with E-state index in [-0.39, 0.29) is 11.4 Å². The Morgan fingerprint density at radius 3 is 2.63 bits per heavy atom. The van der Waals surface area contributed by atoms with E-state index in [2.05, 4.69) is 14.7 Å². The van der Waals surface area contributed by atoms with Gasteiger partial charge in [-0.15, -0.1) is 0 Å². The van der Waals surface area contributed by atoms with Crippen molar-refractivity contribution < 1.29 is 17.9 Å². The maximum absolute atomic E-state index is 12.7. The van der Waals surface area contributed by atoms with Crippen molar-refractivity contribution >= 4 is 16.0 Å². The SMILES string of the molecule is COc1ccc(C)cc1S(=O)(=O)NCc1cc(C)nc(N2CCOCC2)n1. The molecule has 2 aromatic rings. The van der Waals surface area contributed by atoms with Crippen molar-refractivity contribution in [3.63, 3.8) is 0 Å². The van der Waals surface area contributed by atoms with Gasteiger partial charge in [0.2, 0.25) is 16.0 Å². The number of anilines is 1. The molecule has 1 aromatic carbocycles. The molecule has 0 spiro atoms. The molecule has 1 fully saturated rings. The number of hydrogen-bond acceptors (Lipinski definition) is 7. The summed E-state index contributed by atoms with van der Waals surface area (Å²) in [6, 6.07) is 6.82. The van der Waals surface area contributed by atoms with Crippen LogP contribution in [0.25, 0.3) is 0 Å². The summed E-state index contributed by atoms with van der Waals surface area (Å²) in [5.41, 5.74) is 2.23. The molecule has 8 nitrogen and oxygen atoms in total. The molecule has 146 valence electrons. The summed E-state index contributed by atoms with van der Waals surface area (Å²) >= 11 is 0. The molecule has 0 unspecified atom stereocenters. The van der Waals surface area contributed by atoms with Crippen LogP contribution in [0, 0.1) is 13.8 Å². The van der Waals surface area contributed by atoms with Gasteiger partial charge in [-0.25, -0.2) is 23.1 Å². The minimum atomic E-state index is -3.74. The van der Waals surface area contributed by atoms with Crippen molar-refractivity contribution in [2.45, 2.75) is 25.3 Å². The summed E-state index contributed by atoms with van der Waals surface area (Å²) in [6.45, 7) is 6.47. The normalized spacial score (nSPS) is 15.0. The first-order chi connectivity index (χ1) is 12.9. The van der Waals surface area contributed by atoms with E-state index < -0.39 is 10.0 Å². The number of hydrogen-bond donors (Lipinski definition) is 1. The predicted molar refractivity (Wildman–Crippen MR) is 102 cm³/mol. The van der Waals surface area contributed by atoms with Gasteiger partial charge < -0.3 is 14.4 Å². The summed E-state index contributed by atoms with van der Waals surface area (Å²) in [5, 5.41) is 0. The molecule has 1 N–H and O–H groups in total. The Hall–Kier alpha value is -2.23. The first kappa shape index (κ1) is 19.5. The molecule has 9 heteroatoms. The average Bonchev–Trinajstić information content (AvgIpc) is 2.67. The van der Waals surface area contributed by atoms with Crippen molar-refractivity contribution in [1.82, 2.24) is 14.7 Å². The van der Waals surface area contributed by atoms with Crippen LogP contribution in [0.5, 0.6) is 5.75 Å². The fourth-order valence-corrected chi connectivity index (χ4v) is 4.10. The van der Waals surface area contributed by atoms with Crippen LogP contribution < -0.4 is 14.4 Å². The molecule has 27 heavy (non-hydrogen) atoms. The Kier molecular flexibility index (Phi) is 5.93. The fraction of sp³-hybridized carbons (Fsp3) is 0.444. The molecule has 1 aliphatic heterocycles. The number of nitrogens with zero attached hydrogens (tertiary/aromatic N) is 3. The van der Waals surface area contributed by atoms with Crippen LogP contribution >= 0.6 is 0 Å². The van der Waals surface area contributed by atoms with Crippen LogP contribution in [-0.4, -0.2) is 51.8 Å². The standard InChI is InChI=1S/C18H24N4O4S/c1-13-4-5-16(25-3)17(10-13)27(23,24)19-12-15-11-14(2)20-18(21-15)22-6-8-26-9-7-22/h4-5,10-11,19H,6-9,12H2,1-3H3. The molecular formula is C18H24N4O4S. The third-order valence-corrected chi connectivity index (χ3v) is 5.66. The monoisotopic (exact) mass is 392 g/mol. The van der Waals surface area contributed by atoms with Gasteiger partial charge in [-0.2, -0.15) is 0 Å². The van der Waals surface area contributed by atoms with Gasteiger partial charge in [0.15, 0.2) is 0 Å². The van der Waals surface area contributed by atoms with Crippen LogP contribution in [0.2, 0.25) is 0 Å². The van der Waals surface area contributed by atoms with Crippen LogP contribution in [0.4, 0.5) is 5.95 Å². The molecule has 2 heterocycles. The molecule has 1 saturated heterocycles. The van der Waals surface area contributed by atoms with E-state index in [1.165, 1.54) is 7.11 Å². The number of morpholine rings is 1. The molecule has 0 aliphatic carbocycles. The maximum atomic E-state index is 12.7. The van der Waals surface area contributed by atoms with Gasteiger partial charge in [0.05, 0.1) is 32.6 Å². The van der Waals surface area contributed by atoms with Crippen LogP contribution in [0.3, 0.4) is 0 Å². The lowest BCUT2D eigenvalue weighted by Crippen LogP contribution is -2.37. The van der Waals surface area contributed by atoms with Crippen LogP contribution in [0.1, 0.15) is 17.0 Å². The van der Waals surface area contributed by atoms with Gasteiger partial charge in [-0.05, 0) is 37.6 Å². The van der Waals surface area contributed by atoms with Gasteiger partial charge in [-0.1, -0.05) is 6.07 Å². The number of nitrogens with one attached hydrogen (secondary N) is 1. The van der Waals surface area contributed by atoms with E-state index in [0.29, 0.717) is 30.6 Å². The number of methoxy groups -OCH3 is 1. The second kappa shape index (κ2) is 8.20. The Morgan fingerprint density at radius 1 is 1.19 bits per heavy atom. The zero-order valence-corrected chi connectivity index (χ0v) is 16.5. The van der Waals surface area contributed by atoms with Crippen LogP contribution in [-0.2, 0) is 21.3 Å². The molecule has 3 rings (SSSR count).